The van der Waals surface area contributed by atoms with E-state index in [1.54, 1.807) is 24.2 Å². The van der Waals surface area contributed by atoms with Crippen molar-refractivity contribution in [2.45, 2.75) is 56.3 Å². The molecule has 1 aliphatic heterocycles. The summed E-state index contributed by atoms with van der Waals surface area (Å²) in [6.45, 7) is 2.34. The second-order valence-electron chi connectivity index (χ2n) is 8.62. The average molecular weight is 414 g/mol. The first-order valence-corrected chi connectivity index (χ1v) is 11.9. The predicted octanol–water partition coefficient (Wildman–Crippen LogP) is 3.81. The lowest BCUT2D eigenvalue weighted by molar-refractivity contribution is -0.130. The second kappa shape index (κ2) is 9.33. The van der Waals surface area contributed by atoms with Gasteiger partial charge in [-0.15, -0.1) is 11.8 Å². The number of amides is 2. The number of aromatic nitrogens is 1. The highest BCUT2D eigenvalue weighted by atomic mass is 32.2. The Kier molecular flexibility index (Phi) is 6.58. The molecule has 1 aromatic rings. The van der Waals surface area contributed by atoms with E-state index in [9.17, 15) is 9.59 Å². The molecule has 6 heteroatoms. The molecule has 2 aliphatic carbocycles. The summed E-state index contributed by atoms with van der Waals surface area (Å²) in [5.41, 5.74) is 1.67. The molecule has 0 unspecified atom stereocenters. The maximum absolute atomic E-state index is 12.6. The fraction of sp³-hybridized carbons (Fsp3) is 0.609. The first kappa shape index (κ1) is 20.5. The van der Waals surface area contributed by atoms with Crippen molar-refractivity contribution in [3.05, 3.63) is 36.2 Å². The summed E-state index contributed by atoms with van der Waals surface area (Å²) in [5, 5.41) is 3.17. The molecule has 0 aromatic carbocycles. The van der Waals surface area contributed by atoms with Gasteiger partial charge < -0.3 is 10.2 Å². The average Bonchev–Trinajstić information content (AvgIpc) is 3.47. The van der Waals surface area contributed by atoms with Crippen molar-refractivity contribution in [1.82, 2.24) is 15.2 Å². The van der Waals surface area contributed by atoms with Crippen LogP contribution in [-0.2, 0) is 9.59 Å². The molecule has 1 saturated carbocycles. The number of allylic oxidation sites excluding steroid dienone is 1. The Morgan fingerprint density at radius 2 is 2.00 bits per heavy atom. The molecule has 2 fully saturated rings. The zero-order valence-corrected chi connectivity index (χ0v) is 17.9. The van der Waals surface area contributed by atoms with Gasteiger partial charge in [0.1, 0.15) is 0 Å². The summed E-state index contributed by atoms with van der Waals surface area (Å²) in [6.07, 6.45) is 14.8. The van der Waals surface area contributed by atoms with E-state index in [4.69, 9.17) is 0 Å². The number of rotatable bonds is 7. The van der Waals surface area contributed by atoms with Crippen LogP contribution in [0.2, 0.25) is 0 Å². The normalized spacial score (nSPS) is 22.8. The zero-order valence-electron chi connectivity index (χ0n) is 17.1. The molecule has 3 aliphatic rings. The molecule has 29 heavy (non-hydrogen) atoms. The molecule has 1 aromatic heterocycles. The van der Waals surface area contributed by atoms with Gasteiger partial charge >= 0.3 is 0 Å². The van der Waals surface area contributed by atoms with E-state index < -0.39 is 0 Å². The highest BCUT2D eigenvalue weighted by molar-refractivity contribution is 8.00. The van der Waals surface area contributed by atoms with Crippen molar-refractivity contribution in [1.29, 1.82) is 0 Å². The third kappa shape index (κ3) is 5.21. The zero-order chi connectivity index (χ0) is 20.1. The Balaban J connectivity index is 1.16. The number of likely N-dealkylation sites (tertiary alicyclic amines) is 1. The molecular formula is C23H31N3O2S. The van der Waals surface area contributed by atoms with Crippen molar-refractivity contribution in [2.75, 3.05) is 25.4 Å². The van der Waals surface area contributed by atoms with Crippen LogP contribution < -0.4 is 5.32 Å². The molecule has 1 saturated heterocycles. The summed E-state index contributed by atoms with van der Waals surface area (Å²) in [7, 11) is 0. The first-order valence-electron chi connectivity index (χ1n) is 10.9. The molecule has 1 spiro atoms. The largest absolute Gasteiger partial charge is 0.356 e. The molecule has 156 valence electrons. The number of nitrogens with one attached hydrogen (secondary N) is 1. The quantitative estimate of drug-likeness (QED) is 0.545. The van der Waals surface area contributed by atoms with Crippen LogP contribution in [-0.4, -0.2) is 47.1 Å². The van der Waals surface area contributed by atoms with Gasteiger partial charge in [0, 0.05) is 42.8 Å². The lowest BCUT2D eigenvalue weighted by atomic mass is 9.90. The minimum absolute atomic E-state index is 0.156. The molecular weight excluding hydrogens is 382 g/mol. The van der Waals surface area contributed by atoms with Crippen LogP contribution in [0.4, 0.5) is 0 Å². The summed E-state index contributed by atoms with van der Waals surface area (Å²) in [4.78, 5) is 32.1. The number of nitrogens with zero attached hydrogens (tertiary/aromatic N) is 2. The van der Waals surface area contributed by atoms with E-state index in [0.717, 1.165) is 50.2 Å². The molecule has 2 heterocycles. The fourth-order valence-corrected chi connectivity index (χ4v) is 5.53. The second-order valence-corrected chi connectivity index (χ2v) is 9.67. The third-order valence-corrected chi connectivity index (χ3v) is 7.76. The Bertz CT molecular complexity index is 757. The van der Waals surface area contributed by atoms with Gasteiger partial charge in [-0.3, -0.25) is 14.6 Å². The number of carbonyl (C=O) groups is 2. The molecule has 0 radical (unpaired) electrons. The van der Waals surface area contributed by atoms with Crippen LogP contribution in [0.5, 0.6) is 0 Å². The number of pyridine rings is 1. The number of thioether (sulfide) groups is 1. The van der Waals surface area contributed by atoms with Crippen LogP contribution in [0.1, 0.15) is 51.4 Å². The third-order valence-electron chi connectivity index (χ3n) is 6.76. The smallest absolute Gasteiger partial charge is 0.232 e. The lowest BCUT2D eigenvalue weighted by Crippen LogP contribution is -2.41. The minimum Gasteiger partial charge on any atom is -0.356 e. The summed E-state index contributed by atoms with van der Waals surface area (Å²) in [6, 6.07) is 3.86. The maximum atomic E-state index is 12.6. The van der Waals surface area contributed by atoms with Crippen molar-refractivity contribution in [3.63, 3.8) is 0 Å². The van der Waals surface area contributed by atoms with Crippen LogP contribution in [0.3, 0.4) is 0 Å². The van der Waals surface area contributed by atoms with Gasteiger partial charge in [0.15, 0.2) is 0 Å². The Morgan fingerprint density at radius 1 is 1.21 bits per heavy atom. The van der Waals surface area contributed by atoms with Gasteiger partial charge in [0.05, 0.1) is 5.75 Å². The van der Waals surface area contributed by atoms with E-state index in [0.29, 0.717) is 5.75 Å². The van der Waals surface area contributed by atoms with Crippen LogP contribution >= 0.6 is 11.8 Å². The lowest BCUT2D eigenvalue weighted by Gasteiger charge is -2.33. The fourth-order valence-electron chi connectivity index (χ4n) is 4.74. The van der Waals surface area contributed by atoms with Gasteiger partial charge in [0.25, 0.3) is 0 Å². The standard InChI is InChI=1S/C23H31N3O2S/c27-21(17-29-19-7-11-24-12-8-19)26-14-9-23(10-15-26)16-20(23)22(28)25-13-6-18-4-2-1-3-5-18/h4,7-8,11-12,20H,1-3,5-6,9-10,13-17H2,(H,25,28)/t20-/m0/s1. The molecule has 0 bridgehead atoms. The molecule has 1 N–H and O–H groups in total. The van der Waals surface area contributed by atoms with E-state index >= 15 is 0 Å². The van der Waals surface area contributed by atoms with Gasteiger partial charge in [-0.2, -0.15) is 0 Å². The van der Waals surface area contributed by atoms with Gasteiger partial charge in [-0.05, 0) is 68.9 Å². The molecule has 2 amide bonds. The molecule has 5 nitrogen and oxygen atoms in total. The molecule has 1 atom stereocenters. The van der Waals surface area contributed by atoms with Crippen molar-refractivity contribution in [2.24, 2.45) is 11.3 Å². The predicted molar refractivity (Wildman–Crippen MR) is 115 cm³/mol. The number of hydrogen-bond donors (Lipinski definition) is 1. The summed E-state index contributed by atoms with van der Waals surface area (Å²) >= 11 is 1.56. The number of hydrogen-bond acceptors (Lipinski definition) is 4. The first-order chi connectivity index (χ1) is 14.2. The number of carbonyl (C=O) groups excluding carboxylic acids is 2. The minimum atomic E-state index is 0.156. The molecule has 4 rings (SSSR count). The van der Waals surface area contributed by atoms with Crippen molar-refractivity contribution in [3.8, 4) is 0 Å². The van der Waals surface area contributed by atoms with Crippen molar-refractivity contribution < 1.29 is 9.59 Å². The van der Waals surface area contributed by atoms with Crippen LogP contribution in [0, 0.1) is 11.3 Å². The van der Waals surface area contributed by atoms with E-state index in [1.165, 1.54) is 31.3 Å². The van der Waals surface area contributed by atoms with E-state index in [2.05, 4.69) is 16.4 Å². The Hall–Kier alpha value is -1.82. The topological polar surface area (TPSA) is 62.3 Å². The Labute approximate surface area is 177 Å². The van der Waals surface area contributed by atoms with Gasteiger partial charge in [-0.25, -0.2) is 0 Å². The van der Waals surface area contributed by atoms with Crippen molar-refractivity contribution >= 4 is 23.6 Å². The van der Waals surface area contributed by atoms with Gasteiger partial charge in [-0.1, -0.05) is 11.6 Å². The highest BCUT2D eigenvalue weighted by Gasteiger charge is 2.58. The van der Waals surface area contributed by atoms with Gasteiger partial charge in [0.2, 0.25) is 11.8 Å². The van der Waals surface area contributed by atoms with Crippen LogP contribution in [0.15, 0.2) is 41.1 Å². The maximum Gasteiger partial charge on any atom is 0.232 e. The SMILES string of the molecule is O=C(NCCC1=CCCCC1)[C@@H]1CC12CCN(C(=O)CSc1ccncc1)CC2. The summed E-state index contributed by atoms with van der Waals surface area (Å²) in [5.74, 6) is 1.06. The van der Waals surface area contributed by atoms with E-state index in [-0.39, 0.29) is 23.1 Å². The van der Waals surface area contributed by atoms with Crippen LogP contribution in [0.25, 0.3) is 0 Å². The monoisotopic (exact) mass is 413 g/mol. The number of piperidine rings is 1. The highest BCUT2D eigenvalue weighted by Crippen LogP contribution is 2.59. The van der Waals surface area contributed by atoms with E-state index in [1.807, 2.05) is 17.0 Å². The summed E-state index contributed by atoms with van der Waals surface area (Å²) < 4.78 is 0. The Morgan fingerprint density at radius 3 is 2.72 bits per heavy atom.